The summed E-state index contributed by atoms with van der Waals surface area (Å²) in [7, 11) is 2.24. The zero-order valence-corrected chi connectivity index (χ0v) is 19.6. The molecule has 0 aliphatic carbocycles. The summed E-state index contributed by atoms with van der Waals surface area (Å²) in [5.74, 6) is 1.74. The molecule has 1 aliphatic heterocycles. The number of fused-ring (bicyclic) bond motifs is 1. The summed E-state index contributed by atoms with van der Waals surface area (Å²) in [5.41, 5.74) is 1.27. The van der Waals surface area contributed by atoms with Gasteiger partial charge in [0.05, 0.1) is 5.69 Å². The van der Waals surface area contributed by atoms with Gasteiger partial charge in [-0.3, -0.25) is 0 Å². The van der Waals surface area contributed by atoms with Crippen LogP contribution in [0.25, 0.3) is 0 Å². The molecular weight excluding hydrogens is 354 g/mol. The van der Waals surface area contributed by atoms with Crippen LogP contribution in [0, 0.1) is 5.92 Å². The molecule has 2 heteroatoms. The first-order valence-electron chi connectivity index (χ1n) is 12.7. The Labute approximate surface area is 181 Å². The Morgan fingerprint density at radius 2 is 1.31 bits per heavy atom. The van der Waals surface area contributed by atoms with Gasteiger partial charge in [-0.2, -0.15) is 0 Å². The molecule has 0 saturated heterocycles. The summed E-state index contributed by atoms with van der Waals surface area (Å²) >= 11 is 0. The van der Waals surface area contributed by atoms with Crippen molar-refractivity contribution in [3.05, 3.63) is 24.3 Å². The normalized spacial score (nSPS) is 18.9. The van der Waals surface area contributed by atoms with E-state index in [0.29, 0.717) is 12.0 Å². The lowest BCUT2D eigenvalue weighted by Crippen LogP contribution is -2.33. The highest BCUT2D eigenvalue weighted by atomic mass is 16.5. The van der Waals surface area contributed by atoms with Crippen molar-refractivity contribution in [1.82, 2.24) is 0 Å². The average Bonchev–Trinajstić information content (AvgIpc) is 2.86. The Morgan fingerprint density at radius 1 is 0.759 bits per heavy atom. The Hall–Kier alpha value is -1.18. The van der Waals surface area contributed by atoms with Gasteiger partial charge in [0.15, 0.2) is 0 Å². The fourth-order valence-electron chi connectivity index (χ4n) is 4.76. The van der Waals surface area contributed by atoms with Gasteiger partial charge in [-0.15, -0.1) is 0 Å². The first-order valence-corrected chi connectivity index (χ1v) is 12.7. The van der Waals surface area contributed by atoms with E-state index in [2.05, 4.69) is 50.1 Å². The van der Waals surface area contributed by atoms with E-state index in [1.165, 1.54) is 102 Å². The number of para-hydroxylation sites is 2. The average molecular weight is 402 g/mol. The maximum absolute atomic E-state index is 6.64. The molecule has 0 radical (unpaired) electrons. The van der Waals surface area contributed by atoms with Crippen LogP contribution in [0.1, 0.15) is 110 Å². The number of nitrogens with zero attached hydrogens (tertiary/aromatic N) is 1. The Kier molecular flexibility index (Phi) is 12.3. The summed E-state index contributed by atoms with van der Waals surface area (Å²) in [6, 6.07) is 8.63. The van der Waals surface area contributed by atoms with Gasteiger partial charge < -0.3 is 9.64 Å². The van der Waals surface area contributed by atoms with Gasteiger partial charge in [-0.05, 0) is 31.4 Å². The highest BCUT2D eigenvalue weighted by Crippen LogP contribution is 2.36. The van der Waals surface area contributed by atoms with Gasteiger partial charge in [0.2, 0.25) is 0 Å². The third kappa shape index (κ3) is 9.01. The molecule has 0 amide bonds. The van der Waals surface area contributed by atoms with Crippen molar-refractivity contribution in [2.45, 2.75) is 116 Å². The van der Waals surface area contributed by atoms with Crippen LogP contribution in [-0.2, 0) is 0 Å². The first kappa shape index (κ1) is 24.1. The third-order valence-corrected chi connectivity index (χ3v) is 6.61. The third-order valence-electron chi connectivity index (χ3n) is 6.61. The van der Waals surface area contributed by atoms with Crippen LogP contribution >= 0.6 is 0 Å². The Morgan fingerprint density at radius 3 is 1.97 bits per heavy atom. The lowest BCUT2D eigenvalue weighted by atomic mass is 9.91. The standard InChI is InChI=1S/C27H47NO/c1-4-6-8-10-12-14-16-21-26-24(19-15-13-11-9-7-5-2)23-28(3)25-20-17-18-22-27(25)29-26/h17-18,20,22,24,26H,4-16,19,21,23H2,1-3H3. The predicted octanol–water partition coefficient (Wildman–Crippen LogP) is 8.39. The summed E-state index contributed by atoms with van der Waals surface area (Å²) in [5, 5.41) is 0. The molecule has 1 aliphatic rings. The zero-order valence-electron chi connectivity index (χ0n) is 19.6. The van der Waals surface area contributed by atoms with Gasteiger partial charge in [0, 0.05) is 19.5 Å². The molecule has 166 valence electrons. The molecule has 0 spiro atoms. The lowest BCUT2D eigenvalue weighted by molar-refractivity contribution is 0.124. The quantitative estimate of drug-likeness (QED) is 0.274. The fourth-order valence-corrected chi connectivity index (χ4v) is 4.76. The summed E-state index contributed by atoms with van der Waals surface area (Å²) < 4.78 is 6.64. The van der Waals surface area contributed by atoms with Crippen molar-refractivity contribution in [2.24, 2.45) is 5.92 Å². The minimum Gasteiger partial charge on any atom is -0.488 e. The summed E-state index contributed by atoms with van der Waals surface area (Å²) in [4.78, 5) is 2.43. The van der Waals surface area contributed by atoms with Gasteiger partial charge in [0.25, 0.3) is 0 Å². The Bertz CT molecular complexity index is 529. The van der Waals surface area contributed by atoms with Crippen molar-refractivity contribution in [3.8, 4) is 5.75 Å². The van der Waals surface area contributed by atoms with Crippen LogP contribution in [0.4, 0.5) is 5.69 Å². The van der Waals surface area contributed by atoms with E-state index in [0.717, 1.165) is 12.3 Å². The van der Waals surface area contributed by atoms with Crippen molar-refractivity contribution >= 4 is 5.69 Å². The highest BCUT2D eigenvalue weighted by molar-refractivity contribution is 5.58. The maximum atomic E-state index is 6.64. The predicted molar refractivity (Wildman–Crippen MR) is 128 cm³/mol. The number of unbranched alkanes of at least 4 members (excludes halogenated alkanes) is 11. The monoisotopic (exact) mass is 401 g/mol. The second-order valence-corrected chi connectivity index (χ2v) is 9.23. The van der Waals surface area contributed by atoms with E-state index in [4.69, 9.17) is 4.74 Å². The number of ether oxygens (including phenoxy) is 1. The van der Waals surface area contributed by atoms with Crippen molar-refractivity contribution in [3.63, 3.8) is 0 Å². The van der Waals surface area contributed by atoms with Crippen LogP contribution in [0.5, 0.6) is 5.75 Å². The van der Waals surface area contributed by atoms with Gasteiger partial charge in [-0.1, -0.05) is 103 Å². The number of anilines is 1. The molecule has 0 bridgehead atoms. The van der Waals surface area contributed by atoms with E-state index in [1.54, 1.807) is 0 Å². The topological polar surface area (TPSA) is 12.5 Å². The number of hydrogen-bond acceptors (Lipinski definition) is 2. The fraction of sp³-hybridized carbons (Fsp3) is 0.778. The van der Waals surface area contributed by atoms with Crippen LogP contribution in [-0.4, -0.2) is 19.7 Å². The van der Waals surface area contributed by atoms with E-state index >= 15 is 0 Å². The van der Waals surface area contributed by atoms with Gasteiger partial charge in [0.1, 0.15) is 11.9 Å². The minimum absolute atomic E-state index is 0.382. The zero-order chi connectivity index (χ0) is 20.7. The van der Waals surface area contributed by atoms with E-state index in [-0.39, 0.29) is 0 Å². The molecule has 0 aromatic heterocycles. The van der Waals surface area contributed by atoms with Gasteiger partial charge in [-0.25, -0.2) is 0 Å². The molecule has 1 aromatic carbocycles. The SMILES string of the molecule is CCCCCCCCCC1Oc2ccccc2N(C)CC1CCCCCCCC. The lowest BCUT2D eigenvalue weighted by Gasteiger charge is -2.27. The smallest absolute Gasteiger partial charge is 0.143 e. The second-order valence-electron chi connectivity index (χ2n) is 9.23. The summed E-state index contributed by atoms with van der Waals surface area (Å²) in [6.45, 7) is 5.72. The molecule has 2 nitrogen and oxygen atoms in total. The largest absolute Gasteiger partial charge is 0.488 e. The molecule has 2 rings (SSSR count). The number of hydrogen-bond donors (Lipinski definition) is 0. The number of rotatable bonds is 15. The number of benzene rings is 1. The molecule has 0 N–H and O–H groups in total. The minimum atomic E-state index is 0.382. The molecule has 0 fully saturated rings. The van der Waals surface area contributed by atoms with E-state index in [9.17, 15) is 0 Å². The molecule has 2 atom stereocenters. The van der Waals surface area contributed by atoms with E-state index in [1.807, 2.05) is 0 Å². The maximum Gasteiger partial charge on any atom is 0.143 e. The van der Waals surface area contributed by atoms with Crippen molar-refractivity contribution < 1.29 is 4.74 Å². The molecule has 29 heavy (non-hydrogen) atoms. The van der Waals surface area contributed by atoms with Crippen LogP contribution in [0.15, 0.2) is 24.3 Å². The highest BCUT2D eigenvalue weighted by Gasteiger charge is 2.29. The molecule has 2 unspecified atom stereocenters. The Balaban J connectivity index is 1.85. The molecule has 1 aromatic rings. The van der Waals surface area contributed by atoms with Crippen LogP contribution in [0.2, 0.25) is 0 Å². The van der Waals surface area contributed by atoms with E-state index < -0.39 is 0 Å². The molecular formula is C27H47NO. The molecule has 0 saturated carbocycles. The molecule has 1 heterocycles. The summed E-state index contributed by atoms with van der Waals surface area (Å²) in [6.07, 6.45) is 20.8. The first-order chi connectivity index (χ1) is 14.3. The second kappa shape index (κ2) is 14.7. The van der Waals surface area contributed by atoms with Crippen molar-refractivity contribution in [1.29, 1.82) is 0 Å². The van der Waals surface area contributed by atoms with Crippen LogP contribution < -0.4 is 9.64 Å². The van der Waals surface area contributed by atoms with Crippen molar-refractivity contribution in [2.75, 3.05) is 18.5 Å². The van der Waals surface area contributed by atoms with Crippen LogP contribution in [0.3, 0.4) is 0 Å². The van der Waals surface area contributed by atoms with Gasteiger partial charge >= 0.3 is 0 Å².